The van der Waals surface area contributed by atoms with Gasteiger partial charge in [-0.05, 0) is 29.7 Å². The van der Waals surface area contributed by atoms with Crippen molar-refractivity contribution in [2.75, 3.05) is 6.54 Å². The summed E-state index contributed by atoms with van der Waals surface area (Å²) in [5.41, 5.74) is 1.96. The van der Waals surface area contributed by atoms with Gasteiger partial charge in [0.05, 0.1) is 0 Å². The van der Waals surface area contributed by atoms with Crippen molar-refractivity contribution in [3.05, 3.63) is 52.3 Å². The zero-order valence-corrected chi connectivity index (χ0v) is 14.6. The van der Waals surface area contributed by atoms with E-state index in [0.29, 0.717) is 5.02 Å². The normalized spacial score (nSPS) is 10.9. The Hall–Kier alpha value is -2.34. The summed E-state index contributed by atoms with van der Waals surface area (Å²) < 4.78 is 1.65. The predicted molar refractivity (Wildman–Crippen MR) is 91.1 cm³/mol. The highest BCUT2D eigenvalue weighted by Gasteiger charge is 2.23. The molecule has 0 aliphatic heterocycles. The highest BCUT2D eigenvalue weighted by molar-refractivity contribution is 6.30. The van der Waals surface area contributed by atoms with Crippen LogP contribution < -0.4 is 0 Å². The second kappa shape index (κ2) is 7.49. The Balaban J connectivity index is 2.26. The van der Waals surface area contributed by atoms with Crippen molar-refractivity contribution in [3.63, 3.8) is 0 Å². The van der Waals surface area contributed by atoms with Crippen molar-refractivity contribution in [2.45, 2.75) is 26.3 Å². The molecule has 0 spiro atoms. The fourth-order valence-electron chi connectivity index (χ4n) is 2.46. The van der Waals surface area contributed by atoms with E-state index >= 15 is 0 Å². The largest absolute Gasteiger partial charge is 0.480 e. The number of hydrogen-bond acceptors (Lipinski definition) is 3. The molecular formula is C17H20ClN3O3. The zero-order valence-electron chi connectivity index (χ0n) is 13.9. The smallest absolute Gasteiger partial charge is 0.323 e. The molecule has 0 radical (unpaired) electrons. The number of carbonyl (C=O) groups excluding carboxylic acids is 1. The van der Waals surface area contributed by atoms with Gasteiger partial charge in [0.2, 0.25) is 0 Å². The predicted octanol–water partition coefficient (Wildman–Crippen LogP) is 2.92. The Morgan fingerprint density at radius 2 is 1.92 bits per heavy atom. The van der Waals surface area contributed by atoms with E-state index in [1.807, 2.05) is 13.8 Å². The number of aromatic nitrogens is 2. The van der Waals surface area contributed by atoms with Crippen molar-refractivity contribution >= 4 is 23.5 Å². The molecular weight excluding hydrogens is 330 g/mol. The van der Waals surface area contributed by atoms with Gasteiger partial charge in [-0.1, -0.05) is 37.6 Å². The van der Waals surface area contributed by atoms with Crippen molar-refractivity contribution in [1.29, 1.82) is 0 Å². The van der Waals surface area contributed by atoms with Crippen molar-refractivity contribution < 1.29 is 14.7 Å². The monoisotopic (exact) mass is 349 g/mol. The number of aryl methyl sites for hydroxylation is 1. The van der Waals surface area contributed by atoms with Crippen LogP contribution >= 0.6 is 11.6 Å². The molecule has 0 bridgehead atoms. The van der Waals surface area contributed by atoms with Crippen molar-refractivity contribution in [1.82, 2.24) is 14.7 Å². The standard InChI is InChI=1S/C17H20ClN3O3/c1-11(2)15-8-14(19-20(15)3)17(24)21(10-16(22)23)9-12-4-6-13(18)7-5-12/h4-8,11H,9-10H2,1-3H3,(H,22,23). The first-order valence-corrected chi connectivity index (χ1v) is 7.95. The molecule has 0 saturated carbocycles. The summed E-state index contributed by atoms with van der Waals surface area (Å²) in [5, 5.41) is 13.9. The Morgan fingerprint density at radius 1 is 1.29 bits per heavy atom. The molecule has 0 atom stereocenters. The van der Waals surface area contributed by atoms with Crippen molar-refractivity contribution in [3.8, 4) is 0 Å². The summed E-state index contributed by atoms with van der Waals surface area (Å²) in [7, 11) is 1.77. The summed E-state index contributed by atoms with van der Waals surface area (Å²) in [6.45, 7) is 3.80. The fraction of sp³-hybridized carbons (Fsp3) is 0.353. The van der Waals surface area contributed by atoms with E-state index in [-0.39, 0.29) is 18.2 Å². The van der Waals surface area contributed by atoms with Crippen LogP contribution in [0.4, 0.5) is 0 Å². The minimum Gasteiger partial charge on any atom is -0.480 e. The summed E-state index contributed by atoms with van der Waals surface area (Å²) in [4.78, 5) is 25.1. The molecule has 0 saturated heterocycles. The lowest BCUT2D eigenvalue weighted by molar-refractivity contribution is -0.137. The van der Waals surface area contributed by atoms with Crippen LogP contribution in [0.25, 0.3) is 0 Å². The van der Waals surface area contributed by atoms with E-state index in [2.05, 4.69) is 5.10 Å². The van der Waals surface area contributed by atoms with Gasteiger partial charge in [0.1, 0.15) is 6.54 Å². The van der Waals surface area contributed by atoms with E-state index in [1.54, 1.807) is 42.1 Å². The van der Waals surface area contributed by atoms with E-state index in [4.69, 9.17) is 16.7 Å². The number of nitrogens with zero attached hydrogens (tertiary/aromatic N) is 3. The summed E-state index contributed by atoms with van der Waals surface area (Å²) in [6.07, 6.45) is 0. The second-order valence-corrected chi connectivity index (χ2v) is 6.35. The molecule has 0 aliphatic carbocycles. The van der Waals surface area contributed by atoms with Crippen LogP contribution in [-0.2, 0) is 18.4 Å². The van der Waals surface area contributed by atoms with Gasteiger partial charge in [-0.15, -0.1) is 0 Å². The third-order valence-corrected chi connectivity index (χ3v) is 3.88. The molecule has 0 unspecified atom stereocenters. The lowest BCUT2D eigenvalue weighted by Gasteiger charge is -2.19. The van der Waals surface area contributed by atoms with Crippen LogP contribution in [0.15, 0.2) is 30.3 Å². The number of halogens is 1. The van der Waals surface area contributed by atoms with Crippen LogP contribution in [0.2, 0.25) is 5.02 Å². The topological polar surface area (TPSA) is 75.4 Å². The Bertz CT molecular complexity index is 738. The van der Waals surface area contributed by atoms with Crippen LogP contribution in [0.1, 0.15) is 41.5 Å². The molecule has 128 valence electrons. The van der Waals surface area contributed by atoms with Crippen LogP contribution in [-0.4, -0.2) is 38.2 Å². The lowest BCUT2D eigenvalue weighted by Crippen LogP contribution is -2.35. The third kappa shape index (κ3) is 4.35. The van der Waals surface area contributed by atoms with Gasteiger partial charge in [0, 0.05) is 24.3 Å². The average molecular weight is 350 g/mol. The first-order valence-electron chi connectivity index (χ1n) is 7.57. The number of carboxylic acids is 1. The van der Waals surface area contributed by atoms with Crippen molar-refractivity contribution in [2.24, 2.45) is 7.05 Å². The van der Waals surface area contributed by atoms with Gasteiger partial charge >= 0.3 is 5.97 Å². The van der Waals surface area contributed by atoms with Gasteiger partial charge < -0.3 is 10.0 Å². The number of carbonyl (C=O) groups is 2. The maximum Gasteiger partial charge on any atom is 0.323 e. The average Bonchev–Trinajstić information content (AvgIpc) is 2.90. The molecule has 2 aromatic rings. The second-order valence-electron chi connectivity index (χ2n) is 5.91. The van der Waals surface area contributed by atoms with E-state index in [9.17, 15) is 9.59 Å². The SMILES string of the molecule is CC(C)c1cc(C(=O)N(CC(=O)O)Cc2ccc(Cl)cc2)nn1C. The van der Waals surface area contributed by atoms with Gasteiger partial charge in [0.15, 0.2) is 5.69 Å². The molecule has 7 heteroatoms. The van der Waals surface area contributed by atoms with Gasteiger partial charge in [-0.2, -0.15) is 5.10 Å². The van der Waals surface area contributed by atoms with E-state index < -0.39 is 18.4 Å². The summed E-state index contributed by atoms with van der Waals surface area (Å²) in [5.74, 6) is -1.26. The molecule has 1 heterocycles. The van der Waals surface area contributed by atoms with Crippen LogP contribution in [0.3, 0.4) is 0 Å². The minimum atomic E-state index is -1.07. The number of hydrogen-bond donors (Lipinski definition) is 1. The number of rotatable bonds is 6. The molecule has 0 fully saturated rings. The Kier molecular flexibility index (Phi) is 5.62. The van der Waals surface area contributed by atoms with Gasteiger partial charge in [-0.25, -0.2) is 0 Å². The fourth-order valence-corrected chi connectivity index (χ4v) is 2.59. The molecule has 0 aliphatic rings. The minimum absolute atomic E-state index is 0.176. The Labute approximate surface area is 145 Å². The van der Waals surface area contributed by atoms with E-state index in [1.165, 1.54) is 4.90 Å². The molecule has 6 nitrogen and oxygen atoms in total. The maximum atomic E-state index is 12.7. The molecule has 1 aromatic carbocycles. The van der Waals surface area contributed by atoms with Crippen LogP contribution in [0, 0.1) is 0 Å². The number of aliphatic carboxylic acids is 1. The quantitative estimate of drug-likeness (QED) is 0.870. The highest BCUT2D eigenvalue weighted by Crippen LogP contribution is 2.17. The maximum absolute atomic E-state index is 12.7. The molecule has 1 amide bonds. The summed E-state index contributed by atoms with van der Waals surface area (Å²) in [6, 6.07) is 8.66. The first kappa shape index (κ1) is 18.0. The number of amides is 1. The molecule has 1 N–H and O–H groups in total. The number of carboxylic acid groups (broad SMARTS) is 1. The lowest BCUT2D eigenvalue weighted by atomic mass is 10.1. The Morgan fingerprint density at radius 3 is 2.42 bits per heavy atom. The number of benzene rings is 1. The molecule has 24 heavy (non-hydrogen) atoms. The zero-order chi connectivity index (χ0) is 17.9. The summed E-state index contributed by atoms with van der Waals surface area (Å²) >= 11 is 5.85. The highest BCUT2D eigenvalue weighted by atomic mass is 35.5. The first-order chi connectivity index (χ1) is 11.3. The van der Waals surface area contributed by atoms with Gasteiger partial charge in [-0.3, -0.25) is 14.3 Å². The van der Waals surface area contributed by atoms with Crippen LogP contribution in [0.5, 0.6) is 0 Å². The molecule has 1 aromatic heterocycles. The van der Waals surface area contributed by atoms with Gasteiger partial charge in [0.25, 0.3) is 5.91 Å². The third-order valence-electron chi connectivity index (χ3n) is 3.63. The molecule has 2 rings (SSSR count). The van der Waals surface area contributed by atoms with E-state index in [0.717, 1.165) is 11.3 Å².